The molecule has 3 unspecified atom stereocenters. The Hall–Kier alpha value is -0.890. The number of hydrogen-bond acceptors (Lipinski definition) is 1. The van der Waals surface area contributed by atoms with Crippen LogP contribution in [0.15, 0.2) is 24.3 Å². The molecular weight excluding hydrogens is 201 g/mol. The van der Waals surface area contributed by atoms with Gasteiger partial charge in [0.2, 0.25) is 0 Å². The van der Waals surface area contributed by atoms with E-state index in [1.54, 1.807) is 0 Å². The molecule has 1 aliphatic rings. The summed E-state index contributed by atoms with van der Waals surface area (Å²) < 4.78 is 12.7. The predicted octanol–water partition coefficient (Wildman–Crippen LogP) is 3.14. The van der Waals surface area contributed by atoms with Crippen molar-refractivity contribution >= 4 is 0 Å². The molecule has 1 aromatic rings. The first-order chi connectivity index (χ1) is 7.69. The van der Waals surface area contributed by atoms with Crippen LogP contribution in [0.5, 0.6) is 0 Å². The minimum absolute atomic E-state index is 0.155. The molecule has 0 aromatic heterocycles. The number of rotatable bonds is 5. The first kappa shape index (κ1) is 11.6. The summed E-state index contributed by atoms with van der Waals surface area (Å²) in [4.78, 5) is 0. The van der Waals surface area contributed by atoms with Crippen LogP contribution in [-0.4, -0.2) is 12.1 Å². The van der Waals surface area contributed by atoms with Crippen molar-refractivity contribution < 1.29 is 4.39 Å². The van der Waals surface area contributed by atoms with Crippen LogP contribution in [0.4, 0.5) is 4.39 Å². The summed E-state index contributed by atoms with van der Waals surface area (Å²) in [7, 11) is 0. The molecule has 1 nitrogen and oxygen atoms in total. The lowest BCUT2D eigenvalue weighted by Crippen LogP contribution is -2.31. The van der Waals surface area contributed by atoms with Gasteiger partial charge < -0.3 is 5.32 Å². The Bertz CT molecular complexity index is 333. The topological polar surface area (TPSA) is 12.0 Å². The van der Waals surface area contributed by atoms with Crippen LogP contribution in [-0.2, 0) is 6.42 Å². The fourth-order valence-electron chi connectivity index (χ4n) is 2.30. The van der Waals surface area contributed by atoms with Gasteiger partial charge in [-0.2, -0.15) is 0 Å². The van der Waals surface area contributed by atoms with Crippen molar-refractivity contribution in [2.45, 2.75) is 45.2 Å². The van der Waals surface area contributed by atoms with E-state index in [2.05, 4.69) is 19.2 Å². The lowest BCUT2D eigenvalue weighted by Gasteiger charge is -2.13. The van der Waals surface area contributed by atoms with Crippen LogP contribution in [0.25, 0.3) is 0 Å². The van der Waals surface area contributed by atoms with Gasteiger partial charge in [0.05, 0.1) is 0 Å². The van der Waals surface area contributed by atoms with Crippen molar-refractivity contribution in [2.24, 2.45) is 5.92 Å². The number of hydrogen-bond donors (Lipinski definition) is 1. The van der Waals surface area contributed by atoms with Crippen LogP contribution in [0.2, 0.25) is 0 Å². The van der Waals surface area contributed by atoms with Crippen LogP contribution in [0.1, 0.15) is 32.3 Å². The first-order valence-electron chi connectivity index (χ1n) is 6.19. The molecule has 0 saturated heterocycles. The monoisotopic (exact) mass is 221 g/mol. The zero-order valence-electron chi connectivity index (χ0n) is 10.0. The average molecular weight is 221 g/mol. The highest BCUT2D eigenvalue weighted by molar-refractivity contribution is 5.17. The van der Waals surface area contributed by atoms with Crippen molar-refractivity contribution in [3.05, 3.63) is 35.6 Å². The molecule has 0 radical (unpaired) electrons. The van der Waals surface area contributed by atoms with Crippen molar-refractivity contribution in [2.75, 3.05) is 0 Å². The molecule has 1 aliphatic carbocycles. The molecule has 1 saturated carbocycles. The summed E-state index contributed by atoms with van der Waals surface area (Å²) >= 11 is 0. The van der Waals surface area contributed by atoms with Gasteiger partial charge in [0.15, 0.2) is 0 Å². The molecule has 0 amide bonds. The van der Waals surface area contributed by atoms with Gasteiger partial charge in [-0.15, -0.1) is 0 Å². The predicted molar refractivity (Wildman–Crippen MR) is 64.9 cm³/mol. The van der Waals surface area contributed by atoms with E-state index in [1.165, 1.54) is 30.5 Å². The van der Waals surface area contributed by atoms with E-state index in [9.17, 15) is 4.39 Å². The van der Waals surface area contributed by atoms with Gasteiger partial charge >= 0.3 is 0 Å². The van der Waals surface area contributed by atoms with Crippen LogP contribution < -0.4 is 5.32 Å². The Morgan fingerprint density at radius 1 is 1.38 bits per heavy atom. The second kappa shape index (κ2) is 4.96. The highest BCUT2D eigenvalue weighted by Gasteiger charge is 2.35. The Balaban J connectivity index is 1.79. The molecule has 2 heteroatoms. The number of nitrogens with one attached hydrogen (secondary N) is 1. The fourth-order valence-corrected chi connectivity index (χ4v) is 2.30. The Labute approximate surface area is 97.1 Å². The van der Waals surface area contributed by atoms with Crippen LogP contribution in [0.3, 0.4) is 0 Å². The van der Waals surface area contributed by atoms with Gasteiger partial charge in [-0.1, -0.05) is 25.5 Å². The van der Waals surface area contributed by atoms with Gasteiger partial charge in [0.25, 0.3) is 0 Å². The van der Waals surface area contributed by atoms with Gasteiger partial charge in [-0.3, -0.25) is 0 Å². The molecule has 0 heterocycles. The van der Waals surface area contributed by atoms with E-state index in [0.717, 1.165) is 18.4 Å². The second-order valence-electron chi connectivity index (χ2n) is 4.91. The average Bonchev–Trinajstić information content (AvgIpc) is 3.00. The van der Waals surface area contributed by atoms with Gasteiger partial charge in [-0.05, 0) is 43.4 Å². The third-order valence-electron chi connectivity index (χ3n) is 3.40. The molecule has 3 atom stereocenters. The SMILES string of the molecule is CCC1CC1NC(C)Cc1ccc(F)cc1. The van der Waals surface area contributed by atoms with Gasteiger partial charge in [0.1, 0.15) is 5.82 Å². The molecule has 16 heavy (non-hydrogen) atoms. The molecule has 0 aliphatic heterocycles. The molecule has 88 valence electrons. The van der Waals surface area contributed by atoms with Crippen LogP contribution >= 0.6 is 0 Å². The summed E-state index contributed by atoms with van der Waals surface area (Å²) in [6, 6.07) is 8.02. The quantitative estimate of drug-likeness (QED) is 0.805. The summed E-state index contributed by atoms with van der Waals surface area (Å²) in [5.74, 6) is 0.730. The summed E-state index contributed by atoms with van der Waals surface area (Å²) in [6.07, 6.45) is 3.58. The zero-order chi connectivity index (χ0) is 11.5. The first-order valence-corrected chi connectivity index (χ1v) is 6.19. The highest BCUT2D eigenvalue weighted by Crippen LogP contribution is 2.33. The molecular formula is C14H20FN. The summed E-state index contributed by atoms with van der Waals surface area (Å²) in [5.41, 5.74) is 1.20. The smallest absolute Gasteiger partial charge is 0.123 e. The Morgan fingerprint density at radius 2 is 2.06 bits per heavy atom. The minimum atomic E-state index is -0.155. The number of halogens is 1. The van der Waals surface area contributed by atoms with Crippen LogP contribution in [0, 0.1) is 11.7 Å². The maximum Gasteiger partial charge on any atom is 0.123 e. The third-order valence-corrected chi connectivity index (χ3v) is 3.40. The van der Waals surface area contributed by atoms with Crippen molar-refractivity contribution in [1.29, 1.82) is 0 Å². The molecule has 1 N–H and O–H groups in total. The number of benzene rings is 1. The molecule has 0 bridgehead atoms. The summed E-state index contributed by atoms with van der Waals surface area (Å²) in [5, 5.41) is 3.62. The minimum Gasteiger partial charge on any atom is -0.311 e. The van der Waals surface area contributed by atoms with Crippen molar-refractivity contribution in [3.63, 3.8) is 0 Å². The van der Waals surface area contributed by atoms with E-state index >= 15 is 0 Å². The van der Waals surface area contributed by atoms with E-state index in [0.29, 0.717) is 6.04 Å². The Morgan fingerprint density at radius 3 is 2.62 bits per heavy atom. The van der Waals surface area contributed by atoms with Gasteiger partial charge in [0, 0.05) is 12.1 Å². The third kappa shape index (κ3) is 3.05. The van der Waals surface area contributed by atoms with E-state index in [4.69, 9.17) is 0 Å². The fraction of sp³-hybridized carbons (Fsp3) is 0.571. The lowest BCUT2D eigenvalue weighted by molar-refractivity contribution is 0.517. The van der Waals surface area contributed by atoms with Crippen molar-refractivity contribution in [3.8, 4) is 0 Å². The Kier molecular flexibility index (Phi) is 3.59. The normalized spacial score (nSPS) is 25.4. The van der Waals surface area contributed by atoms with E-state index < -0.39 is 0 Å². The lowest BCUT2D eigenvalue weighted by atomic mass is 10.1. The maximum absolute atomic E-state index is 12.7. The maximum atomic E-state index is 12.7. The summed E-state index contributed by atoms with van der Waals surface area (Å²) in [6.45, 7) is 4.45. The molecule has 1 aromatic carbocycles. The van der Waals surface area contributed by atoms with E-state index in [-0.39, 0.29) is 5.82 Å². The molecule has 0 spiro atoms. The molecule has 2 rings (SSSR count). The second-order valence-corrected chi connectivity index (χ2v) is 4.91. The van der Waals surface area contributed by atoms with Gasteiger partial charge in [-0.25, -0.2) is 4.39 Å². The highest BCUT2D eigenvalue weighted by atomic mass is 19.1. The van der Waals surface area contributed by atoms with E-state index in [1.807, 2.05) is 12.1 Å². The largest absolute Gasteiger partial charge is 0.311 e. The van der Waals surface area contributed by atoms with Crippen molar-refractivity contribution in [1.82, 2.24) is 5.32 Å². The standard InChI is InChI=1S/C14H20FN/c1-3-12-9-14(12)16-10(2)8-11-4-6-13(15)7-5-11/h4-7,10,12,14,16H,3,8-9H2,1-2H3. The molecule has 1 fully saturated rings. The zero-order valence-corrected chi connectivity index (χ0v) is 10.0.